The number of anilines is 2. The Morgan fingerprint density at radius 1 is 1.11 bits per heavy atom. The Labute approximate surface area is 158 Å². The van der Waals surface area contributed by atoms with Gasteiger partial charge in [-0.05, 0) is 29.8 Å². The number of carbonyl (C=O) groups excluding carboxylic acids is 1. The number of rotatable bonds is 5. The molecule has 0 aliphatic carbocycles. The predicted octanol–water partition coefficient (Wildman–Crippen LogP) is 2.87. The second-order valence-corrected chi connectivity index (χ2v) is 6.24. The Bertz CT molecular complexity index is 809. The van der Waals surface area contributed by atoms with Crippen molar-refractivity contribution < 1.29 is 24.1 Å². The van der Waals surface area contributed by atoms with Gasteiger partial charge in [0, 0.05) is 37.3 Å². The van der Waals surface area contributed by atoms with Crippen molar-refractivity contribution in [2.45, 2.75) is 6.92 Å². The maximum absolute atomic E-state index is 11.5. The van der Waals surface area contributed by atoms with Gasteiger partial charge >= 0.3 is 0 Å². The summed E-state index contributed by atoms with van der Waals surface area (Å²) in [6.45, 7) is 4.08. The van der Waals surface area contributed by atoms with Crippen molar-refractivity contribution in [3.05, 3.63) is 30.3 Å². The predicted molar refractivity (Wildman–Crippen MR) is 104 cm³/mol. The molecule has 0 aromatic heterocycles. The van der Waals surface area contributed by atoms with Crippen LogP contribution in [0.2, 0.25) is 0 Å². The number of benzene rings is 2. The first-order chi connectivity index (χ1) is 13.0. The van der Waals surface area contributed by atoms with E-state index in [0.29, 0.717) is 49.1 Å². The van der Waals surface area contributed by atoms with Crippen LogP contribution in [0, 0.1) is 0 Å². The number of amides is 1. The Balaban J connectivity index is 2.19. The molecule has 0 bridgehead atoms. The number of phenols is 1. The molecule has 2 aromatic rings. The normalized spacial score (nSPS) is 14.0. The molecule has 1 fully saturated rings. The third kappa shape index (κ3) is 4.09. The van der Waals surface area contributed by atoms with Crippen molar-refractivity contribution in [1.29, 1.82) is 0 Å². The molecule has 27 heavy (non-hydrogen) atoms. The van der Waals surface area contributed by atoms with E-state index in [2.05, 4.69) is 10.2 Å². The lowest BCUT2D eigenvalue weighted by Crippen LogP contribution is -2.36. The van der Waals surface area contributed by atoms with Gasteiger partial charge in [0.05, 0.1) is 33.1 Å². The quantitative estimate of drug-likeness (QED) is 0.786. The Hall–Kier alpha value is -2.93. The van der Waals surface area contributed by atoms with E-state index in [1.165, 1.54) is 6.92 Å². The summed E-state index contributed by atoms with van der Waals surface area (Å²) in [5, 5.41) is 13.7. The van der Waals surface area contributed by atoms with Crippen molar-refractivity contribution in [3.8, 4) is 28.4 Å². The van der Waals surface area contributed by atoms with E-state index in [1.54, 1.807) is 26.4 Å². The smallest absolute Gasteiger partial charge is 0.221 e. The molecule has 7 heteroatoms. The molecule has 2 N–H and O–H groups in total. The Kier molecular flexibility index (Phi) is 5.71. The molecule has 1 amide bonds. The van der Waals surface area contributed by atoms with Gasteiger partial charge in [0.1, 0.15) is 17.2 Å². The van der Waals surface area contributed by atoms with Crippen LogP contribution in [0.25, 0.3) is 11.1 Å². The maximum atomic E-state index is 11.5. The fourth-order valence-corrected chi connectivity index (χ4v) is 3.18. The topological polar surface area (TPSA) is 80.3 Å². The molecule has 0 radical (unpaired) electrons. The molecule has 7 nitrogen and oxygen atoms in total. The lowest BCUT2D eigenvalue weighted by molar-refractivity contribution is -0.114. The second-order valence-electron chi connectivity index (χ2n) is 6.24. The standard InChI is InChI=1S/C20H24N2O5/c1-13(23)21-17-4-5-18(22-6-8-27-9-7-22)19(20(17)24)14-10-15(25-2)12-16(11-14)26-3/h4-5,10-12,24H,6-9H2,1-3H3,(H,21,23). The molecule has 144 valence electrons. The number of nitrogens with zero attached hydrogens (tertiary/aromatic N) is 1. The van der Waals surface area contributed by atoms with Crippen LogP contribution in [0.5, 0.6) is 17.2 Å². The minimum absolute atomic E-state index is 0.00416. The highest BCUT2D eigenvalue weighted by molar-refractivity contribution is 5.96. The first-order valence-electron chi connectivity index (χ1n) is 8.73. The van der Waals surface area contributed by atoms with E-state index in [9.17, 15) is 9.90 Å². The lowest BCUT2D eigenvalue weighted by Gasteiger charge is -2.31. The van der Waals surface area contributed by atoms with E-state index in [0.717, 1.165) is 11.3 Å². The van der Waals surface area contributed by atoms with Gasteiger partial charge in [-0.1, -0.05) is 0 Å². The number of phenolic OH excluding ortho intramolecular Hbond substituents is 1. The molecule has 1 aliphatic rings. The van der Waals surface area contributed by atoms with Crippen molar-refractivity contribution in [2.75, 3.05) is 50.7 Å². The van der Waals surface area contributed by atoms with Gasteiger partial charge in [-0.15, -0.1) is 0 Å². The minimum atomic E-state index is -0.251. The molecule has 0 spiro atoms. The van der Waals surface area contributed by atoms with Crippen LogP contribution < -0.4 is 19.7 Å². The zero-order chi connectivity index (χ0) is 19.4. The van der Waals surface area contributed by atoms with Crippen LogP contribution in [0.15, 0.2) is 30.3 Å². The minimum Gasteiger partial charge on any atom is -0.505 e. The summed E-state index contributed by atoms with van der Waals surface area (Å²) in [6.07, 6.45) is 0. The number of ether oxygens (including phenoxy) is 3. The first kappa shape index (κ1) is 18.8. The largest absolute Gasteiger partial charge is 0.505 e. The van der Waals surface area contributed by atoms with Crippen molar-refractivity contribution in [2.24, 2.45) is 0 Å². The number of morpholine rings is 1. The van der Waals surface area contributed by atoms with E-state index < -0.39 is 0 Å². The zero-order valence-electron chi connectivity index (χ0n) is 15.7. The third-order valence-electron chi connectivity index (χ3n) is 4.46. The van der Waals surface area contributed by atoms with Gasteiger partial charge in [-0.2, -0.15) is 0 Å². The molecular formula is C20H24N2O5. The molecule has 1 aliphatic heterocycles. The first-order valence-corrected chi connectivity index (χ1v) is 8.73. The molecule has 3 rings (SSSR count). The summed E-state index contributed by atoms with van der Waals surface area (Å²) in [6, 6.07) is 9.05. The summed E-state index contributed by atoms with van der Waals surface area (Å²) >= 11 is 0. The van der Waals surface area contributed by atoms with Crippen LogP contribution in [0.4, 0.5) is 11.4 Å². The summed E-state index contributed by atoms with van der Waals surface area (Å²) in [5.41, 5.74) is 2.56. The third-order valence-corrected chi connectivity index (χ3v) is 4.46. The number of carbonyl (C=O) groups is 1. The number of aromatic hydroxyl groups is 1. The van der Waals surface area contributed by atoms with E-state index in [-0.39, 0.29) is 11.7 Å². The molecule has 0 atom stereocenters. The Morgan fingerprint density at radius 3 is 2.30 bits per heavy atom. The van der Waals surface area contributed by atoms with Crippen LogP contribution in [-0.4, -0.2) is 51.5 Å². The van der Waals surface area contributed by atoms with Crippen LogP contribution in [0.3, 0.4) is 0 Å². The van der Waals surface area contributed by atoms with Crippen molar-refractivity contribution in [1.82, 2.24) is 0 Å². The monoisotopic (exact) mass is 372 g/mol. The van der Waals surface area contributed by atoms with Crippen molar-refractivity contribution in [3.63, 3.8) is 0 Å². The summed E-state index contributed by atoms with van der Waals surface area (Å²) in [7, 11) is 3.16. The zero-order valence-corrected chi connectivity index (χ0v) is 15.7. The second kappa shape index (κ2) is 8.18. The van der Waals surface area contributed by atoms with Crippen molar-refractivity contribution >= 4 is 17.3 Å². The highest BCUT2D eigenvalue weighted by Gasteiger charge is 2.22. The molecule has 0 saturated carbocycles. The molecular weight excluding hydrogens is 348 g/mol. The van der Waals surface area contributed by atoms with Gasteiger partial charge < -0.3 is 29.5 Å². The highest BCUT2D eigenvalue weighted by atomic mass is 16.5. The highest BCUT2D eigenvalue weighted by Crippen LogP contribution is 2.45. The van der Waals surface area contributed by atoms with Crippen LogP contribution in [0.1, 0.15) is 6.92 Å². The average molecular weight is 372 g/mol. The molecule has 2 aromatic carbocycles. The SMILES string of the molecule is COc1cc(OC)cc(-c2c(N3CCOCC3)ccc(NC(C)=O)c2O)c1. The maximum Gasteiger partial charge on any atom is 0.221 e. The number of hydrogen-bond acceptors (Lipinski definition) is 6. The van der Waals surface area contributed by atoms with Gasteiger partial charge in [-0.3, -0.25) is 4.79 Å². The van der Waals surface area contributed by atoms with Crippen LogP contribution >= 0.6 is 0 Å². The Morgan fingerprint density at radius 2 is 1.74 bits per heavy atom. The van der Waals surface area contributed by atoms with Gasteiger partial charge in [-0.25, -0.2) is 0 Å². The molecule has 0 unspecified atom stereocenters. The fourth-order valence-electron chi connectivity index (χ4n) is 3.18. The van der Waals surface area contributed by atoms with E-state index in [1.807, 2.05) is 18.2 Å². The van der Waals surface area contributed by atoms with Gasteiger partial charge in [0.25, 0.3) is 0 Å². The van der Waals surface area contributed by atoms with E-state index >= 15 is 0 Å². The molecule has 1 saturated heterocycles. The lowest BCUT2D eigenvalue weighted by atomic mass is 9.99. The number of nitrogens with one attached hydrogen (secondary N) is 1. The fraction of sp³-hybridized carbons (Fsp3) is 0.350. The summed E-state index contributed by atoms with van der Waals surface area (Å²) in [4.78, 5) is 13.7. The van der Waals surface area contributed by atoms with Gasteiger partial charge in [0.2, 0.25) is 5.91 Å². The number of hydrogen-bond donors (Lipinski definition) is 2. The van der Waals surface area contributed by atoms with Gasteiger partial charge in [0.15, 0.2) is 0 Å². The average Bonchev–Trinajstić information content (AvgIpc) is 2.69. The summed E-state index contributed by atoms with van der Waals surface area (Å²) in [5.74, 6) is 0.978. The summed E-state index contributed by atoms with van der Waals surface area (Å²) < 4.78 is 16.2. The van der Waals surface area contributed by atoms with Crippen LogP contribution in [-0.2, 0) is 9.53 Å². The van der Waals surface area contributed by atoms with E-state index in [4.69, 9.17) is 14.2 Å². The molecule has 1 heterocycles. The number of methoxy groups -OCH3 is 2.